The van der Waals surface area contributed by atoms with Crippen LogP contribution in [0.4, 0.5) is 5.69 Å². The molecular formula is C21H24ClN3O2. The van der Waals surface area contributed by atoms with Crippen molar-refractivity contribution < 1.29 is 9.59 Å². The lowest BCUT2D eigenvalue weighted by molar-refractivity contribution is 0.0607. The number of likely N-dealkylation sites (tertiary alicyclic amines) is 1. The number of benzene rings is 1. The molecular weight excluding hydrogens is 362 g/mol. The average molecular weight is 386 g/mol. The molecule has 1 unspecified atom stereocenters. The fraction of sp³-hybridized carbons (Fsp3) is 0.381. The molecule has 1 aliphatic rings. The molecule has 2 amide bonds. The van der Waals surface area contributed by atoms with Crippen LogP contribution in [0.1, 0.15) is 58.9 Å². The molecule has 6 heteroatoms. The van der Waals surface area contributed by atoms with Gasteiger partial charge in [-0.15, -0.1) is 0 Å². The van der Waals surface area contributed by atoms with Crippen LogP contribution in [0.25, 0.3) is 0 Å². The summed E-state index contributed by atoms with van der Waals surface area (Å²) in [5.74, 6) is -0.371. The Hall–Kier alpha value is -2.40. The van der Waals surface area contributed by atoms with Gasteiger partial charge in [-0.2, -0.15) is 0 Å². The molecule has 3 rings (SSSR count). The summed E-state index contributed by atoms with van der Waals surface area (Å²) < 4.78 is 0. The number of carbonyl (C=O) groups is 2. The molecule has 1 saturated heterocycles. The van der Waals surface area contributed by atoms with Crippen molar-refractivity contribution in [2.24, 2.45) is 0 Å². The minimum absolute atomic E-state index is 0.0536. The second-order valence-electron chi connectivity index (χ2n) is 6.94. The third kappa shape index (κ3) is 4.48. The van der Waals surface area contributed by atoms with Crippen molar-refractivity contribution in [3.8, 4) is 0 Å². The summed E-state index contributed by atoms with van der Waals surface area (Å²) in [5, 5.41) is 3.39. The van der Waals surface area contributed by atoms with Crippen LogP contribution in [0.2, 0.25) is 5.02 Å². The summed E-state index contributed by atoms with van der Waals surface area (Å²) >= 11 is 6.11. The fourth-order valence-corrected chi connectivity index (χ4v) is 3.59. The van der Waals surface area contributed by atoms with Gasteiger partial charge < -0.3 is 10.2 Å². The van der Waals surface area contributed by atoms with Gasteiger partial charge >= 0.3 is 0 Å². The lowest BCUT2D eigenvalue weighted by atomic mass is 9.99. The Morgan fingerprint density at radius 3 is 2.74 bits per heavy atom. The summed E-state index contributed by atoms with van der Waals surface area (Å²) in [4.78, 5) is 31.5. The first-order valence-corrected chi connectivity index (χ1v) is 9.71. The molecule has 0 bridgehead atoms. The van der Waals surface area contributed by atoms with Gasteiger partial charge in [-0.05, 0) is 56.4 Å². The van der Waals surface area contributed by atoms with Crippen molar-refractivity contribution in [1.29, 1.82) is 0 Å². The molecule has 1 N–H and O–H groups in total. The molecule has 0 spiro atoms. The number of halogens is 1. The maximum atomic E-state index is 12.9. The van der Waals surface area contributed by atoms with E-state index in [1.807, 2.05) is 17.9 Å². The van der Waals surface area contributed by atoms with Crippen molar-refractivity contribution >= 4 is 29.1 Å². The zero-order valence-electron chi connectivity index (χ0n) is 15.7. The number of pyridine rings is 1. The first-order valence-electron chi connectivity index (χ1n) is 9.33. The van der Waals surface area contributed by atoms with Crippen molar-refractivity contribution in [3.05, 3.63) is 58.4 Å². The van der Waals surface area contributed by atoms with E-state index in [0.29, 0.717) is 21.8 Å². The van der Waals surface area contributed by atoms with Crippen LogP contribution in [0.3, 0.4) is 0 Å². The third-order valence-corrected chi connectivity index (χ3v) is 5.44. The average Bonchev–Trinajstić information content (AvgIpc) is 2.70. The van der Waals surface area contributed by atoms with E-state index in [9.17, 15) is 9.59 Å². The number of nitrogens with zero attached hydrogens (tertiary/aromatic N) is 2. The standard InChI is InChI=1S/C21H24ClN3O2/c1-3-18-6-4-5-9-25(18)21(27)16-10-15(12-23-13-16)20(26)24-17-8-7-14(2)19(22)11-17/h7-8,10-13,18H,3-6,9H2,1-2H3,(H,24,26). The quantitative estimate of drug-likeness (QED) is 0.829. The molecule has 2 heterocycles. The van der Waals surface area contributed by atoms with E-state index in [2.05, 4.69) is 17.2 Å². The van der Waals surface area contributed by atoms with Crippen LogP contribution < -0.4 is 5.32 Å². The van der Waals surface area contributed by atoms with E-state index in [1.54, 1.807) is 18.2 Å². The molecule has 0 saturated carbocycles. The Bertz CT molecular complexity index is 853. The van der Waals surface area contributed by atoms with E-state index in [0.717, 1.165) is 37.8 Å². The van der Waals surface area contributed by atoms with E-state index in [-0.39, 0.29) is 17.9 Å². The number of piperidine rings is 1. The molecule has 142 valence electrons. The van der Waals surface area contributed by atoms with Crippen molar-refractivity contribution in [2.75, 3.05) is 11.9 Å². The summed E-state index contributed by atoms with van der Waals surface area (Å²) in [6, 6.07) is 7.22. The highest BCUT2D eigenvalue weighted by Crippen LogP contribution is 2.23. The summed E-state index contributed by atoms with van der Waals surface area (Å²) in [6.07, 6.45) is 7.14. The minimum Gasteiger partial charge on any atom is -0.336 e. The van der Waals surface area contributed by atoms with Crippen LogP contribution in [0.5, 0.6) is 0 Å². The second-order valence-corrected chi connectivity index (χ2v) is 7.34. The number of hydrogen-bond donors (Lipinski definition) is 1. The highest BCUT2D eigenvalue weighted by atomic mass is 35.5. The van der Waals surface area contributed by atoms with Crippen LogP contribution in [0, 0.1) is 6.92 Å². The number of rotatable bonds is 4. The Kier molecular flexibility index (Phi) is 6.11. The molecule has 0 aliphatic carbocycles. The molecule has 1 atom stereocenters. The lowest BCUT2D eigenvalue weighted by Crippen LogP contribution is -2.43. The van der Waals surface area contributed by atoms with E-state index in [4.69, 9.17) is 11.6 Å². The van der Waals surface area contributed by atoms with Gasteiger partial charge in [-0.1, -0.05) is 24.6 Å². The van der Waals surface area contributed by atoms with Gasteiger partial charge in [0.05, 0.1) is 11.1 Å². The highest BCUT2D eigenvalue weighted by Gasteiger charge is 2.26. The largest absolute Gasteiger partial charge is 0.336 e. The number of amides is 2. The second kappa shape index (κ2) is 8.53. The fourth-order valence-electron chi connectivity index (χ4n) is 3.41. The van der Waals surface area contributed by atoms with E-state index < -0.39 is 0 Å². The van der Waals surface area contributed by atoms with Crippen molar-refractivity contribution in [2.45, 2.75) is 45.6 Å². The normalized spacial score (nSPS) is 16.9. The van der Waals surface area contributed by atoms with Crippen LogP contribution in [-0.4, -0.2) is 34.3 Å². The van der Waals surface area contributed by atoms with Gasteiger partial charge in [0, 0.05) is 35.7 Å². The molecule has 1 fully saturated rings. The highest BCUT2D eigenvalue weighted by molar-refractivity contribution is 6.31. The first-order chi connectivity index (χ1) is 13.0. The van der Waals surface area contributed by atoms with Gasteiger partial charge in [0.1, 0.15) is 0 Å². The number of nitrogens with one attached hydrogen (secondary N) is 1. The van der Waals surface area contributed by atoms with E-state index in [1.165, 1.54) is 12.4 Å². The Balaban J connectivity index is 1.77. The summed E-state index contributed by atoms with van der Waals surface area (Å²) in [6.45, 7) is 4.76. The van der Waals surface area contributed by atoms with Crippen molar-refractivity contribution in [1.82, 2.24) is 9.88 Å². The third-order valence-electron chi connectivity index (χ3n) is 5.04. The van der Waals surface area contributed by atoms with Gasteiger partial charge in [-0.25, -0.2) is 0 Å². The monoisotopic (exact) mass is 385 g/mol. The summed E-state index contributed by atoms with van der Waals surface area (Å²) in [5.41, 5.74) is 2.35. The van der Waals surface area contributed by atoms with Gasteiger partial charge in [0.25, 0.3) is 11.8 Å². The Morgan fingerprint density at radius 2 is 2.00 bits per heavy atom. The maximum absolute atomic E-state index is 12.9. The Labute approximate surface area is 164 Å². The van der Waals surface area contributed by atoms with E-state index >= 15 is 0 Å². The van der Waals surface area contributed by atoms with Gasteiger partial charge in [-0.3, -0.25) is 14.6 Å². The van der Waals surface area contributed by atoms with Crippen molar-refractivity contribution in [3.63, 3.8) is 0 Å². The predicted octanol–water partition coefficient (Wildman–Crippen LogP) is 4.70. The molecule has 27 heavy (non-hydrogen) atoms. The molecule has 1 aromatic heterocycles. The predicted molar refractivity (Wildman–Crippen MR) is 107 cm³/mol. The number of carbonyl (C=O) groups excluding carboxylic acids is 2. The molecule has 5 nitrogen and oxygen atoms in total. The molecule has 2 aromatic rings. The zero-order chi connectivity index (χ0) is 19.4. The minimum atomic E-state index is -0.317. The first kappa shape index (κ1) is 19.4. The number of aromatic nitrogens is 1. The molecule has 0 radical (unpaired) electrons. The number of anilines is 1. The maximum Gasteiger partial charge on any atom is 0.257 e. The van der Waals surface area contributed by atoms with Gasteiger partial charge in [0.15, 0.2) is 0 Å². The number of aryl methyl sites for hydroxylation is 1. The topological polar surface area (TPSA) is 62.3 Å². The van der Waals surface area contributed by atoms with Crippen LogP contribution >= 0.6 is 11.6 Å². The molecule has 1 aromatic carbocycles. The van der Waals surface area contributed by atoms with Gasteiger partial charge in [0.2, 0.25) is 0 Å². The lowest BCUT2D eigenvalue weighted by Gasteiger charge is -2.35. The molecule has 1 aliphatic heterocycles. The van der Waals surface area contributed by atoms with Crippen LogP contribution in [0.15, 0.2) is 36.7 Å². The zero-order valence-corrected chi connectivity index (χ0v) is 16.4. The summed E-state index contributed by atoms with van der Waals surface area (Å²) in [7, 11) is 0. The smallest absolute Gasteiger partial charge is 0.257 e. The SMILES string of the molecule is CCC1CCCCN1C(=O)c1cncc(C(=O)Nc2ccc(C)c(Cl)c2)c1. The number of hydrogen-bond acceptors (Lipinski definition) is 3. The van der Waals surface area contributed by atoms with Crippen LogP contribution in [-0.2, 0) is 0 Å². The Morgan fingerprint density at radius 1 is 1.22 bits per heavy atom.